The zero-order chi connectivity index (χ0) is 12.3. The van der Waals surface area contributed by atoms with Gasteiger partial charge in [-0.2, -0.15) is 0 Å². The quantitative estimate of drug-likeness (QED) is 0.761. The van der Waals surface area contributed by atoms with Crippen LogP contribution in [0, 0.1) is 0 Å². The number of nitrogens with zero attached hydrogens (tertiary/aromatic N) is 1. The van der Waals surface area contributed by atoms with E-state index in [4.69, 9.17) is 4.74 Å². The van der Waals surface area contributed by atoms with Crippen molar-refractivity contribution in [2.24, 2.45) is 0 Å². The van der Waals surface area contributed by atoms with Gasteiger partial charge in [0, 0.05) is 25.7 Å². The lowest BCUT2D eigenvalue weighted by atomic mass is 10.0. The zero-order valence-corrected chi connectivity index (χ0v) is 11.1. The van der Waals surface area contributed by atoms with Crippen LogP contribution in [0.25, 0.3) is 0 Å². The molecule has 4 nitrogen and oxygen atoms in total. The largest absolute Gasteiger partial charge is 0.394 e. The van der Waals surface area contributed by atoms with Crippen molar-refractivity contribution >= 4 is 0 Å². The van der Waals surface area contributed by atoms with Gasteiger partial charge in [0.1, 0.15) is 0 Å². The Bertz CT molecular complexity index is 240. The van der Waals surface area contributed by atoms with Gasteiger partial charge in [0.05, 0.1) is 18.3 Å². The Kier molecular flexibility index (Phi) is 4.42. The van der Waals surface area contributed by atoms with Crippen LogP contribution >= 0.6 is 0 Å². The summed E-state index contributed by atoms with van der Waals surface area (Å²) in [5, 5.41) is 12.9. The third-order valence-corrected chi connectivity index (χ3v) is 3.65. The van der Waals surface area contributed by atoms with E-state index in [1.54, 1.807) is 0 Å². The van der Waals surface area contributed by atoms with E-state index in [0.717, 1.165) is 26.2 Å². The number of aliphatic hydroxyl groups excluding tert-OH is 1. The van der Waals surface area contributed by atoms with Gasteiger partial charge in [0.2, 0.25) is 0 Å². The molecule has 0 radical (unpaired) electrons. The van der Waals surface area contributed by atoms with Crippen molar-refractivity contribution in [1.29, 1.82) is 0 Å². The van der Waals surface area contributed by atoms with E-state index in [1.165, 1.54) is 19.3 Å². The molecule has 0 saturated carbocycles. The molecule has 2 heterocycles. The molecule has 2 rings (SSSR count). The molecule has 0 aromatic heterocycles. The molecule has 0 spiro atoms. The molecule has 2 aliphatic heterocycles. The monoisotopic (exact) mass is 242 g/mol. The number of hydrogen-bond acceptors (Lipinski definition) is 4. The van der Waals surface area contributed by atoms with Gasteiger partial charge < -0.3 is 15.2 Å². The van der Waals surface area contributed by atoms with E-state index >= 15 is 0 Å². The lowest BCUT2D eigenvalue weighted by molar-refractivity contribution is -0.150. The van der Waals surface area contributed by atoms with Gasteiger partial charge in [0.15, 0.2) is 0 Å². The first-order valence-electron chi connectivity index (χ1n) is 6.83. The van der Waals surface area contributed by atoms with Gasteiger partial charge in [-0.05, 0) is 33.2 Å². The Hall–Kier alpha value is -0.160. The molecular formula is C13H26N2O2. The number of nitrogens with one attached hydrogen (secondary N) is 1. The highest BCUT2D eigenvalue weighted by atomic mass is 16.5. The standard InChI is InChI=1S/C13H26N2O2/c1-13(2)10-15(8-12(9-16)17-13)7-11-5-3-4-6-14-11/h11-12,14,16H,3-10H2,1-2H3. The Morgan fingerprint density at radius 1 is 1.41 bits per heavy atom. The summed E-state index contributed by atoms with van der Waals surface area (Å²) in [4.78, 5) is 2.44. The van der Waals surface area contributed by atoms with Crippen LogP contribution in [0.1, 0.15) is 33.1 Å². The molecule has 2 atom stereocenters. The molecule has 0 amide bonds. The van der Waals surface area contributed by atoms with Gasteiger partial charge in [0.25, 0.3) is 0 Å². The van der Waals surface area contributed by atoms with Gasteiger partial charge >= 0.3 is 0 Å². The lowest BCUT2D eigenvalue weighted by Crippen LogP contribution is -2.56. The number of aliphatic hydroxyl groups is 1. The number of rotatable bonds is 3. The SMILES string of the molecule is CC1(C)CN(CC2CCCCN2)CC(CO)O1. The van der Waals surface area contributed by atoms with Crippen LogP contribution in [0.2, 0.25) is 0 Å². The maximum absolute atomic E-state index is 9.28. The minimum Gasteiger partial charge on any atom is -0.394 e. The van der Waals surface area contributed by atoms with E-state index in [2.05, 4.69) is 24.1 Å². The van der Waals surface area contributed by atoms with E-state index < -0.39 is 0 Å². The van der Waals surface area contributed by atoms with E-state index in [-0.39, 0.29) is 18.3 Å². The fourth-order valence-corrected chi connectivity index (χ4v) is 3.04. The molecular weight excluding hydrogens is 216 g/mol. The first kappa shape index (κ1) is 13.3. The minimum absolute atomic E-state index is 0.0256. The fourth-order valence-electron chi connectivity index (χ4n) is 3.04. The van der Waals surface area contributed by atoms with E-state index in [1.807, 2.05) is 0 Å². The zero-order valence-electron chi connectivity index (χ0n) is 11.1. The fraction of sp³-hybridized carbons (Fsp3) is 1.00. The Morgan fingerprint density at radius 2 is 2.24 bits per heavy atom. The third kappa shape index (κ3) is 3.91. The average molecular weight is 242 g/mol. The average Bonchev–Trinajstić information content (AvgIpc) is 2.28. The molecule has 2 saturated heterocycles. The first-order chi connectivity index (χ1) is 8.09. The van der Waals surface area contributed by atoms with Crippen molar-refractivity contribution in [2.75, 3.05) is 32.8 Å². The van der Waals surface area contributed by atoms with Crippen molar-refractivity contribution < 1.29 is 9.84 Å². The van der Waals surface area contributed by atoms with Crippen molar-refractivity contribution in [3.8, 4) is 0 Å². The molecule has 0 aliphatic carbocycles. The van der Waals surface area contributed by atoms with Crippen LogP contribution in [-0.2, 0) is 4.74 Å². The topological polar surface area (TPSA) is 44.7 Å². The van der Waals surface area contributed by atoms with Crippen LogP contribution in [-0.4, -0.2) is 60.5 Å². The highest BCUT2D eigenvalue weighted by Crippen LogP contribution is 2.21. The number of hydrogen-bond donors (Lipinski definition) is 2. The number of ether oxygens (including phenoxy) is 1. The second-order valence-corrected chi connectivity index (χ2v) is 6.02. The Morgan fingerprint density at radius 3 is 2.88 bits per heavy atom. The molecule has 17 heavy (non-hydrogen) atoms. The smallest absolute Gasteiger partial charge is 0.0940 e. The summed E-state index contributed by atoms with van der Waals surface area (Å²) in [7, 11) is 0. The van der Waals surface area contributed by atoms with Crippen molar-refractivity contribution in [3.05, 3.63) is 0 Å². The molecule has 4 heteroatoms. The van der Waals surface area contributed by atoms with Gasteiger partial charge in [-0.15, -0.1) is 0 Å². The molecule has 100 valence electrons. The molecule has 0 aromatic carbocycles. The molecule has 0 aromatic rings. The molecule has 2 aliphatic rings. The summed E-state index contributed by atoms with van der Waals surface area (Å²) in [6.07, 6.45) is 3.91. The normalized spacial score (nSPS) is 34.8. The summed E-state index contributed by atoms with van der Waals surface area (Å²) in [5.41, 5.74) is -0.139. The highest BCUT2D eigenvalue weighted by molar-refractivity contribution is 4.86. The van der Waals surface area contributed by atoms with Gasteiger partial charge in [-0.3, -0.25) is 4.90 Å². The second-order valence-electron chi connectivity index (χ2n) is 6.02. The van der Waals surface area contributed by atoms with Crippen LogP contribution in [0.15, 0.2) is 0 Å². The third-order valence-electron chi connectivity index (χ3n) is 3.65. The second kappa shape index (κ2) is 5.65. The summed E-state index contributed by atoms with van der Waals surface area (Å²) in [6, 6.07) is 0.622. The van der Waals surface area contributed by atoms with Crippen molar-refractivity contribution in [3.63, 3.8) is 0 Å². The Labute approximate surface area is 104 Å². The van der Waals surface area contributed by atoms with Crippen LogP contribution in [0.5, 0.6) is 0 Å². The van der Waals surface area contributed by atoms with Gasteiger partial charge in [-0.25, -0.2) is 0 Å². The predicted molar refractivity (Wildman–Crippen MR) is 68.1 cm³/mol. The van der Waals surface area contributed by atoms with Crippen LogP contribution in [0.3, 0.4) is 0 Å². The maximum Gasteiger partial charge on any atom is 0.0940 e. The molecule has 0 bridgehead atoms. The first-order valence-corrected chi connectivity index (χ1v) is 6.83. The summed E-state index contributed by atoms with van der Waals surface area (Å²) < 4.78 is 5.83. The number of piperidine rings is 1. The van der Waals surface area contributed by atoms with Crippen LogP contribution in [0.4, 0.5) is 0 Å². The van der Waals surface area contributed by atoms with E-state index in [0.29, 0.717) is 6.04 Å². The minimum atomic E-state index is -0.139. The molecule has 2 fully saturated rings. The summed E-state index contributed by atoms with van der Waals surface area (Å²) in [6.45, 7) is 8.40. The highest BCUT2D eigenvalue weighted by Gasteiger charge is 2.33. The Balaban J connectivity index is 1.86. The van der Waals surface area contributed by atoms with Crippen molar-refractivity contribution in [1.82, 2.24) is 10.2 Å². The lowest BCUT2D eigenvalue weighted by Gasteiger charge is -2.43. The predicted octanol–water partition coefficient (Wildman–Crippen LogP) is 0.600. The number of morpholine rings is 1. The van der Waals surface area contributed by atoms with Crippen molar-refractivity contribution in [2.45, 2.75) is 50.9 Å². The maximum atomic E-state index is 9.28. The summed E-state index contributed by atoms with van der Waals surface area (Å²) >= 11 is 0. The van der Waals surface area contributed by atoms with E-state index in [9.17, 15) is 5.11 Å². The van der Waals surface area contributed by atoms with Crippen LogP contribution < -0.4 is 5.32 Å². The van der Waals surface area contributed by atoms with Gasteiger partial charge in [-0.1, -0.05) is 6.42 Å². The molecule has 2 unspecified atom stereocenters. The molecule has 2 N–H and O–H groups in total. The summed E-state index contributed by atoms with van der Waals surface area (Å²) in [5.74, 6) is 0.